The number of hydrogen-bond acceptors (Lipinski definition) is 21. The van der Waals surface area contributed by atoms with E-state index in [4.69, 9.17) is 30.5 Å². The van der Waals surface area contributed by atoms with E-state index in [1.165, 1.54) is 0 Å². The van der Waals surface area contributed by atoms with Crippen LogP contribution in [0.15, 0.2) is 85.1 Å². The number of ether oxygens (including phenoxy) is 5. The highest BCUT2D eigenvalue weighted by Crippen LogP contribution is 2.38. The van der Waals surface area contributed by atoms with Crippen molar-refractivity contribution >= 4 is 82.5 Å². The first kappa shape index (κ1) is 70.8. The SMILES string of the molecule is C=C(C)OC(=O)Cl.CC(C)[C@@H](NC(=O)OC(C)(C)C)C(=O)OCn1nc(-c2cc(F)ccc2F)c2c(NCCS(C)(=O)=O)nc(Oc3ccc(F)cc3F)nc21.CS(=O)(=O)CCNc1nc(Oc2ccc(F)cc2F)nc2c1c(-c1cc(F)ccc1F)nn2CO. The number of carbonyl (C=O) groups is 3. The van der Waals surface area contributed by atoms with E-state index < -0.39 is 138 Å². The standard InChI is InChI=1S/C31H34F4N6O7S.C21H17F4N5O4S.C4H5ClO2/c1-16(2)24(37-30(43)48-31(3,4)5)28(42)46-15-41-27-23(25(40-41)19-13-17(32)7-9-20(19)34)26(36-11-12-49(6,44)45)38-29(39-27)47-22-10-8-18(33)14-21(22)35;1-35(32,33)7-6-26-19-17-18(13-8-11(22)2-4-14(13)24)29-30(10-31)20(17)28-21(27-19)34-16-5-3-12(23)9-15(16)25;1-3(2)7-4(5)6/h7-10,13-14,16,24H,11-12,15H2,1-6H3,(H,37,43)(H,36,38,39);2-5,8-9,31H,6-7,10H2,1H3,(H,26,27,28);1H2,2H3/t24-;;/m1../s1. The van der Waals surface area contributed by atoms with Gasteiger partial charge in [0.25, 0.3) is 0 Å². The fourth-order valence-corrected chi connectivity index (χ4v) is 8.76. The first-order chi connectivity index (χ1) is 42.5. The molecule has 24 nitrogen and oxygen atoms in total. The van der Waals surface area contributed by atoms with Crippen LogP contribution in [0, 0.1) is 52.5 Å². The molecular formula is C56H56ClF8N11O13S2. The van der Waals surface area contributed by atoms with E-state index in [1.807, 2.05) is 0 Å². The Bertz CT molecular complexity index is 4260. The average molecular weight is 1340 g/mol. The van der Waals surface area contributed by atoms with Crippen LogP contribution >= 0.6 is 11.6 Å². The molecule has 0 unspecified atom stereocenters. The minimum absolute atomic E-state index is 0.0176. The third kappa shape index (κ3) is 20.4. The number of halogens is 9. The van der Waals surface area contributed by atoms with Gasteiger partial charge < -0.3 is 44.7 Å². The van der Waals surface area contributed by atoms with E-state index in [0.29, 0.717) is 17.9 Å². The zero-order valence-electron chi connectivity index (χ0n) is 49.2. The summed E-state index contributed by atoms with van der Waals surface area (Å²) in [6.07, 6.45) is 1.15. The molecule has 0 radical (unpaired) electrons. The Morgan fingerprint density at radius 1 is 0.648 bits per heavy atom. The van der Waals surface area contributed by atoms with Crippen LogP contribution in [-0.4, -0.2) is 128 Å². The molecule has 0 saturated carbocycles. The van der Waals surface area contributed by atoms with Crippen LogP contribution in [0.1, 0.15) is 41.5 Å². The molecule has 35 heteroatoms. The number of esters is 1. The molecule has 1 atom stereocenters. The lowest BCUT2D eigenvalue weighted by atomic mass is 10.1. The van der Waals surface area contributed by atoms with Crippen LogP contribution in [0.3, 0.4) is 0 Å². The molecule has 8 aromatic rings. The second-order valence-electron chi connectivity index (χ2n) is 20.7. The number of rotatable bonds is 21. The normalized spacial score (nSPS) is 11.9. The molecule has 0 aliphatic rings. The first-order valence-corrected chi connectivity index (χ1v) is 30.9. The highest BCUT2D eigenvalue weighted by Gasteiger charge is 2.31. The van der Waals surface area contributed by atoms with Crippen molar-refractivity contribution in [1.82, 2.24) is 44.8 Å². The molecule has 0 fully saturated rings. The minimum Gasteiger partial charge on any atom is -0.444 e. The largest absolute Gasteiger partial charge is 0.444 e. The number of fused-ring (bicyclic) bond motifs is 2. The predicted molar refractivity (Wildman–Crippen MR) is 314 cm³/mol. The summed E-state index contributed by atoms with van der Waals surface area (Å²) in [7, 11) is -6.87. The minimum atomic E-state index is -3.49. The smallest absolute Gasteiger partial charge is 0.408 e. The van der Waals surface area contributed by atoms with Crippen LogP contribution in [0.5, 0.6) is 23.5 Å². The molecule has 91 heavy (non-hydrogen) atoms. The third-order valence-electron chi connectivity index (χ3n) is 11.5. The monoisotopic (exact) mass is 1340 g/mol. The molecular weight excluding hydrogens is 1290 g/mol. The summed E-state index contributed by atoms with van der Waals surface area (Å²) in [5.74, 6) is -10.1. The maximum absolute atomic E-state index is 15.1. The van der Waals surface area contributed by atoms with Gasteiger partial charge in [0.1, 0.15) is 96.0 Å². The van der Waals surface area contributed by atoms with E-state index in [-0.39, 0.29) is 80.8 Å². The zero-order chi connectivity index (χ0) is 67.4. The van der Waals surface area contributed by atoms with Gasteiger partial charge in [-0.3, -0.25) is 0 Å². The summed E-state index contributed by atoms with van der Waals surface area (Å²) in [6, 6.07) is 8.09. The van der Waals surface area contributed by atoms with Crippen molar-refractivity contribution < 1.29 is 95.1 Å². The number of aromatic nitrogens is 8. The topological polar surface area (TPSA) is 309 Å². The Labute approximate surface area is 518 Å². The fraction of sp³-hybridized carbons (Fsp3) is 0.304. The van der Waals surface area contributed by atoms with Crippen molar-refractivity contribution in [3.8, 4) is 46.0 Å². The second-order valence-corrected chi connectivity index (χ2v) is 25.5. The molecule has 4 heterocycles. The Balaban J connectivity index is 0.000000273. The zero-order valence-corrected chi connectivity index (χ0v) is 51.6. The first-order valence-electron chi connectivity index (χ1n) is 26.4. The van der Waals surface area contributed by atoms with Gasteiger partial charge in [0.2, 0.25) is 0 Å². The van der Waals surface area contributed by atoms with Gasteiger partial charge in [0.15, 0.2) is 41.2 Å². The van der Waals surface area contributed by atoms with Crippen molar-refractivity contribution in [2.45, 2.75) is 66.6 Å². The fourth-order valence-electron chi connectivity index (χ4n) is 7.68. The van der Waals surface area contributed by atoms with Crippen LogP contribution in [0.25, 0.3) is 44.6 Å². The second kappa shape index (κ2) is 30.0. The van der Waals surface area contributed by atoms with Gasteiger partial charge in [-0.25, -0.2) is 75.7 Å². The number of carbonyl (C=O) groups excluding carboxylic acids is 3. The number of benzene rings is 4. The van der Waals surface area contributed by atoms with E-state index in [1.54, 1.807) is 41.5 Å². The summed E-state index contributed by atoms with van der Waals surface area (Å²) in [5, 5.41) is 26.1. The Morgan fingerprint density at radius 3 is 1.44 bits per heavy atom. The van der Waals surface area contributed by atoms with E-state index in [2.05, 4.69) is 57.4 Å². The third-order valence-corrected chi connectivity index (χ3v) is 13.5. The molecule has 0 aliphatic carbocycles. The van der Waals surface area contributed by atoms with Gasteiger partial charge in [-0.05, 0) is 94.3 Å². The molecule has 8 rings (SSSR count). The van der Waals surface area contributed by atoms with Crippen LogP contribution in [-0.2, 0) is 52.1 Å². The lowest BCUT2D eigenvalue weighted by Gasteiger charge is -2.24. The maximum atomic E-state index is 15.1. The Morgan fingerprint density at radius 2 is 1.07 bits per heavy atom. The lowest BCUT2D eigenvalue weighted by molar-refractivity contribution is -0.151. The van der Waals surface area contributed by atoms with Crippen molar-refractivity contribution in [2.24, 2.45) is 5.92 Å². The molecule has 0 bridgehead atoms. The van der Waals surface area contributed by atoms with Crippen molar-refractivity contribution in [1.29, 1.82) is 0 Å². The quantitative estimate of drug-likeness (QED) is 0.0171. The molecule has 4 N–H and O–H groups in total. The van der Waals surface area contributed by atoms with Crippen LogP contribution in [0.2, 0.25) is 0 Å². The van der Waals surface area contributed by atoms with Gasteiger partial charge >= 0.3 is 29.5 Å². The van der Waals surface area contributed by atoms with Crippen molar-refractivity contribution in [2.75, 3.05) is 47.7 Å². The molecule has 0 aliphatic heterocycles. The summed E-state index contributed by atoms with van der Waals surface area (Å²) >= 11 is 4.75. The number of hydrogen-bond donors (Lipinski definition) is 4. The average Bonchev–Trinajstić information content (AvgIpc) is 1.65. The molecule has 0 spiro atoms. The number of aliphatic hydroxyl groups is 1. The van der Waals surface area contributed by atoms with Gasteiger partial charge in [-0.1, -0.05) is 20.4 Å². The highest BCUT2D eigenvalue weighted by molar-refractivity contribution is 7.90. The van der Waals surface area contributed by atoms with E-state index in [0.717, 1.165) is 82.5 Å². The van der Waals surface area contributed by atoms with Gasteiger partial charge in [-0.15, -0.1) is 0 Å². The molecule has 4 aromatic carbocycles. The molecule has 1 amide bonds. The number of nitrogens with one attached hydrogen (secondary N) is 3. The molecule has 4 aromatic heterocycles. The van der Waals surface area contributed by atoms with Gasteiger partial charge in [-0.2, -0.15) is 30.1 Å². The van der Waals surface area contributed by atoms with E-state index in [9.17, 15) is 67.1 Å². The number of alkyl carbamates (subject to hydrolysis) is 1. The van der Waals surface area contributed by atoms with Crippen LogP contribution in [0.4, 0.5) is 56.3 Å². The Kier molecular flexibility index (Phi) is 23.4. The number of allylic oxidation sites excluding steroid dienone is 1. The van der Waals surface area contributed by atoms with Crippen molar-refractivity contribution in [3.05, 3.63) is 132 Å². The highest BCUT2D eigenvalue weighted by atomic mass is 35.5. The van der Waals surface area contributed by atoms with Gasteiger partial charge in [0, 0.05) is 60.5 Å². The molecule has 488 valence electrons. The summed E-state index contributed by atoms with van der Waals surface area (Å²) < 4.78 is 188. The number of aliphatic hydroxyl groups excluding tert-OH is 1. The molecule has 0 saturated heterocycles. The number of nitrogens with zero attached hydrogens (tertiary/aromatic N) is 8. The van der Waals surface area contributed by atoms with Crippen molar-refractivity contribution in [3.63, 3.8) is 0 Å². The predicted octanol–water partition coefficient (Wildman–Crippen LogP) is 10.5. The number of anilines is 2. The number of amides is 1. The van der Waals surface area contributed by atoms with Crippen LogP contribution < -0.4 is 25.4 Å². The van der Waals surface area contributed by atoms with E-state index >= 15 is 4.39 Å². The summed E-state index contributed by atoms with van der Waals surface area (Å²) in [5.41, 5.74) is -3.01. The maximum Gasteiger partial charge on any atom is 0.408 e. The Hall–Kier alpha value is -9.28. The lowest BCUT2D eigenvalue weighted by Crippen LogP contribution is -2.47. The number of sulfone groups is 2. The summed E-state index contributed by atoms with van der Waals surface area (Å²) in [6.45, 7) is 11.2. The van der Waals surface area contributed by atoms with Gasteiger partial charge in [0.05, 0.1) is 28.0 Å². The summed E-state index contributed by atoms with van der Waals surface area (Å²) in [4.78, 5) is 52.0.